The number of hydrazone groups is 1. The Morgan fingerprint density at radius 2 is 1.69 bits per heavy atom. The summed E-state index contributed by atoms with van der Waals surface area (Å²) in [6, 6.07) is 23.1. The fraction of sp³-hybridized carbons (Fsp3) is 0.172. The van der Waals surface area contributed by atoms with Gasteiger partial charge in [0.1, 0.15) is 6.54 Å². The minimum Gasteiger partial charge on any atom is -0.316 e. The molecule has 0 atom stereocenters. The molecule has 39 heavy (non-hydrogen) atoms. The summed E-state index contributed by atoms with van der Waals surface area (Å²) in [5, 5.41) is 4.74. The minimum absolute atomic E-state index is 0.101. The van der Waals surface area contributed by atoms with Crippen molar-refractivity contribution < 1.29 is 13.2 Å². The van der Waals surface area contributed by atoms with E-state index in [1.165, 1.54) is 11.8 Å². The van der Waals surface area contributed by atoms with Gasteiger partial charge in [0.25, 0.3) is 15.9 Å². The van der Waals surface area contributed by atoms with Gasteiger partial charge in [0.2, 0.25) is 0 Å². The first kappa shape index (κ1) is 28.5. The van der Waals surface area contributed by atoms with Crippen LogP contribution in [0.25, 0.3) is 5.69 Å². The maximum Gasteiger partial charge on any atom is 0.264 e. The van der Waals surface area contributed by atoms with Crippen molar-refractivity contribution >= 4 is 51.2 Å². The predicted molar refractivity (Wildman–Crippen MR) is 160 cm³/mol. The van der Waals surface area contributed by atoms with E-state index in [1.807, 2.05) is 61.9 Å². The molecule has 4 aromatic rings. The van der Waals surface area contributed by atoms with Gasteiger partial charge in [-0.15, -0.1) is 11.8 Å². The van der Waals surface area contributed by atoms with Gasteiger partial charge in [0, 0.05) is 21.8 Å². The molecule has 0 radical (unpaired) electrons. The SMILES string of the molecule is CSc1ccc(S(=O)(=O)N(CC(=O)N/N=C\c2cc(C)n(-c3ccccc3Cl)c2C)c2ccc(C)cc2)cc1. The maximum atomic E-state index is 13.6. The molecule has 1 aromatic heterocycles. The highest BCUT2D eigenvalue weighted by Gasteiger charge is 2.27. The molecule has 0 unspecified atom stereocenters. The number of carbonyl (C=O) groups is 1. The van der Waals surface area contributed by atoms with Crippen molar-refractivity contribution in [1.82, 2.24) is 9.99 Å². The quantitative estimate of drug-likeness (QED) is 0.147. The van der Waals surface area contributed by atoms with Gasteiger partial charge in [-0.05, 0) is 81.6 Å². The van der Waals surface area contributed by atoms with Crippen molar-refractivity contribution in [3.05, 3.63) is 106 Å². The zero-order valence-electron chi connectivity index (χ0n) is 22.1. The van der Waals surface area contributed by atoms with E-state index in [2.05, 4.69) is 10.5 Å². The molecule has 0 aliphatic carbocycles. The van der Waals surface area contributed by atoms with E-state index in [0.29, 0.717) is 10.7 Å². The van der Waals surface area contributed by atoms with Crippen LogP contribution in [0, 0.1) is 20.8 Å². The highest BCUT2D eigenvalue weighted by Crippen LogP contribution is 2.27. The van der Waals surface area contributed by atoms with E-state index in [1.54, 1.807) is 54.7 Å². The Kier molecular flexibility index (Phi) is 8.84. The van der Waals surface area contributed by atoms with Crippen molar-refractivity contribution in [3.8, 4) is 5.69 Å². The number of benzene rings is 3. The van der Waals surface area contributed by atoms with E-state index in [0.717, 1.165) is 37.4 Å². The van der Waals surface area contributed by atoms with Gasteiger partial charge in [0.15, 0.2) is 0 Å². The Hall–Kier alpha value is -3.53. The van der Waals surface area contributed by atoms with Crippen LogP contribution in [0.1, 0.15) is 22.5 Å². The largest absolute Gasteiger partial charge is 0.316 e. The third kappa shape index (κ3) is 6.38. The molecule has 0 aliphatic rings. The van der Waals surface area contributed by atoms with Crippen molar-refractivity contribution in [2.75, 3.05) is 17.1 Å². The second-order valence-electron chi connectivity index (χ2n) is 8.93. The smallest absolute Gasteiger partial charge is 0.264 e. The lowest BCUT2D eigenvalue weighted by atomic mass is 10.2. The van der Waals surface area contributed by atoms with E-state index < -0.39 is 22.5 Å². The maximum absolute atomic E-state index is 13.6. The number of nitrogens with zero attached hydrogens (tertiary/aromatic N) is 3. The van der Waals surface area contributed by atoms with Gasteiger partial charge in [-0.3, -0.25) is 9.10 Å². The molecule has 1 heterocycles. The van der Waals surface area contributed by atoms with Crippen LogP contribution in [-0.2, 0) is 14.8 Å². The first-order chi connectivity index (χ1) is 18.6. The average molecular weight is 581 g/mol. The molecule has 0 saturated carbocycles. The Balaban J connectivity index is 1.56. The summed E-state index contributed by atoms with van der Waals surface area (Å²) in [6.45, 7) is 5.37. The summed E-state index contributed by atoms with van der Waals surface area (Å²) in [6.07, 6.45) is 3.46. The number of hydrogen-bond acceptors (Lipinski definition) is 5. The van der Waals surface area contributed by atoms with Gasteiger partial charge >= 0.3 is 0 Å². The van der Waals surface area contributed by atoms with Crippen LogP contribution in [0.5, 0.6) is 0 Å². The summed E-state index contributed by atoms with van der Waals surface area (Å²) in [4.78, 5) is 14.0. The van der Waals surface area contributed by atoms with Crippen LogP contribution >= 0.6 is 23.4 Å². The van der Waals surface area contributed by atoms with Crippen LogP contribution < -0.4 is 9.73 Å². The summed E-state index contributed by atoms with van der Waals surface area (Å²) in [5.74, 6) is -0.573. The number of amides is 1. The van der Waals surface area contributed by atoms with E-state index >= 15 is 0 Å². The number of aryl methyl sites for hydroxylation is 2. The molecule has 0 fully saturated rings. The molecule has 0 bridgehead atoms. The monoisotopic (exact) mass is 580 g/mol. The number of rotatable bonds is 9. The molecule has 7 nitrogen and oxygen atoms in total. The lowest BCUT2D eigenvalue weighted by Crippen LogP contribution is -2.39. The van der Waals surface area contributed by atoms with Crippen LogP contribution in [0.4, 0.5) is 5.69 Å². The van der Waals surface area contributed by atoms with Crippen LogP contribution in [0.15, 0.2) is 93.8 Å². The first-order valence-electron chi connectivity index (χ1n) is 12.1. The number of aromatic nitrogens is 1. The van der Waals surface area contributed by atoms with Crippen molar-refractivity contribution in [2.45, 2.75) is 30.6 Å². The zero-order chi connectivity index (χ0) is 28.2. The number of carbonyl (C=O) groups excluding carboxylic acids is 1. The number of para-hydroxylation sites is 1. The molecule has 3 aromatic carbocycles. The number of nitrogens with one attached hydrogen (secondary N) is 1. The van der Waals surface area contributed by atoms with Gasteiger partial charge < -0.3 is 4.57 Å². The summed E-state index contributed by atoms with van der Waals surface area (Å²) in [7, 11) is -4.01. The van der Waals surface area contributed by atoms with Crippen molar-refractivity contribution in [1.29, 1.82) is 0 Å². The van der Waals surface area contributed by atoms with Crippen LogP contribution in [0.2, 0.25) is 5.02 Å². The van der Waals surface area contributed by atoms with Gasteiger partial charge in [-0.2, -0.15) is 5.10 Å². The van der Waals surface area contributed by atoms with Gasteiger partial charge in [-0.25, -0.2) is 13.8 Å². The number of sulfonamides is 1. The first-order valence-corrected chi connectivity index (χ1v) is 15.2. The van der Waals surface area contributed by atoms with Crippen LogP contribution in [0.3, 0.4) is 0 Å². The van der Waals surface area contributed by atoms with Crippen molar-refractivity contribution in [3.63, 3.8) is 0 Å². The second kappa shape index (κ2) is 12.1. The fourth-order valence-corrected chi connectivity index (χ4v) is 6.21. The lowest BCUT2D eigenvalue weighted by molar-refractivity contribution is -0.119. The van der Waals surface area contributed by atoms with E-state index in [-0.39, 0.29) is 4.90 Å². The Bertz CT molecular complexity index is 1610. The van der Waals surface area contributed by atoms with E-state index in [4.69, 9.17) is 11.6 Å². The van der Waals surface area contributed by atoms with E-state index in [9.17, 15) is 13.2 Å². The highest BCUT2D eigenvalue weighted by molar-refractivity contribution is 7.98. The molecule has 0 saturated heterocycles. The highest BCUT2D eigenvalue weighted by atomic mass is 35.5. The minimum atomic E-state index is -4.01. The topological polar surface area (TPSA) is 83.8 Å². The Morgan fingerprint density at radius 3 is 2.33 bits per heavy atom. The van der Waals surface area contributed by atoms with Crippen LogP contribution in [-0.4, -0.2) is 37.9 Å². The number of hydrogen-bond donors (Lipinski definition) is 1. The molecule has 202 valence electrons. The molecule has 4 rings (SSSR count). The standard InChI is InChI=1S/C29H29ClN4O3S2/c1-20-9-11-24(12-10-20)33(39(36,37)26-15-13-25(38-4)14-16-26)19-29(35)32-31-18-23-17-21(2)34(22(23)3)28-8-6-5-7-27(28)30/h5-18H,19H2,1-4H3,(H,32,35)/b31-18-. The predicted octanol–water partition coefficient (Wildman–Crippen LogP) is 6.12. The van der Waals surface area contributed by atoms with Gasteiger partial charge in [0.05, 0.1) is 27.5 Å². The third-order valence-corrected chi connectivity index (χ3v) is 9.06. The van der Waals surface area contributed by atoms with Gasteiger partial charge in [-0.1, -0.05) is 41.4 Å². The summed E-state index contributed by atoms with van der Waals surface area (Å²) in [5.41, 5.74) is 7.34. The fourth-order valence-electron chi connectivity index (χ4n) is 4.16. The molecule has 1 N–H and O–H groups in total. The Morgan fingerprint density at radius 1 is 1.03 bits per heavy atom. The molecule has 0 spiro atoms. The molecule has 10 heteroatoms. The number of halogens is 1. The molecular formula is C29H29ClN4O3S2. The van der Waals surface area contributed by atoms with Crippen molar-refractivity contribution in [2.24, 2.45) is 5.10 Å². The third-order valence-electron chi connectivity index (χ3n) is 6.21. The normalized spacial score (nSPS) is 11.6. The second-order valence-corrected chi connectivity index (χ2v) is 12.1. The molecule has 1 amide bonds. The molecular weight excluding hydrogens is 552 g/mol. The molecule has 0 aliphatic heterocycles. The average Bonchev–Trinajstić information content (AvgIpc) is 3.20. The lowest BCUT2D eigenvalue weighted by Gasteiger charge is -2.24. The Labute approximate surface area is 238 Å². The number of anilines is 1. The zero-order valence-corrected chi connectivity index (χ0v) is 24.4. The summed E-state index contributed by atoms with van der Waals surface area (Å²) >= 11 is 7.91. The summed E-state index contributed by atoms with van der Waals surface area (Å²) < 4.78 is 30.3. The number of thioether (sulfide) groups is 1.